The van der Waals surface area contributed by atoms with Crippen LogP contribution >= 0.6 is 0 Å². The minimum absolute atomic E-state index is 0.126. The topological polar surface area (TPSA) is 81.8 Å². The number of nitrogens with zero attached hydrogens (tertiary/aromatic N) is 4. The molecule has 0 unspecified atom stereocenters. The van der Waals surface area contributed by atoms with Gasteiger partial charge in [0.25, 0.3) is 5.56 Å². The van der Waals surface area contributed by atoms with Crippen molar-refractivity contribution in [1.82, 2.24) is 24.9 Å². The molecule has 2 heterocycles. The molecule has 1 N–H and O–H groups in total. The maximum atomic E-state index is 13.4. The SMILES string of the molecule is Cc1ccc(-n2ncc3c(C4CC4)nn(CC(=O)NCc4ccccc4)c(=O)c32)cc1C. The lowest BCUT2D eigenvalue weighted by molar-refractivity contribution is -0.122. The smallest absolute Gasteiger partial charge is 0.293 e. The van der Waals surface area contributed by atoms with Crippen molar-refractivity contribution in [3.8, 4) is 5.69 Å². The first-order chi connectivity index (χ1) is 15.5. The number of amides is 1. The summed E-state index contributed by atoms with van der Waals surface area (Å²) in [6, 6.07) is 15.7. The van der Waals surface area contributed by atoms with Crippen molar-refractivity contribution in [3.05, 3.63) is 87.5 Å². The maximum Gasteiger partial charge on any atom is 0.293 e. The summed E-state index contributed by atoms with van der Waals surface area (Å²) in [4.78, 5) is 26.0. The zero-order chi connectivity index (χ0) is 22.2. The van der Waals surface area contributed by atoms with Gasteiger partial charge in [0.05, 0.1) is 17.6 Å². The predicted molar refractivity (Wildman–Crippen MR) is 123 cm³/mol. The second-order valence-corrected chi connectivity index (χ2v) is 8.47. The molecule has 162 valence electrons. The number of carbonyl (C=O) groups is 1. The van der Waals surface area contributed by atoms with E-state index in [4.69, 9.17) is 0 Å². The molecule has 7 nitrogen and oxygen atoms in total. The highest BCUT2D eigenvalue weighted by Crippen LogP contribution is 2.41. The fourth-order valence-electron chi connectivity index (χ4n) is 3.90. The highest BCUT2D eigenvalue weighted by atomic mass is 16.2. The number of benzene rings is 2. The molecule has 1 fully saturated rings. The van der Waals surface area contributed by atoms with E-state index in [9.17, 15) is 9.59 Å². The summed E-state index contributed by atoms with van der Waals surface area (Å²) in [5.74, 6) is 0.0657. The Morgan fingerprint density at radius 2 is 1.88 bits per heavy atom. The van der Waals surface area contributed by atoms with Crippen LogP contribution in [0.4, 0.5) is 0 Å². The van der Waals surface area contributed by atoms with Crippen LogP contribution in [-0.2, 0) is 17.9 Å². The summed E-state index contributed by atoms with van der Waals surface area (Å²) >= 11 is 0. The third-order valence-electron chi connectivity index (χ3n) is 6.04. The minimum Gasteiger partial charge on any atom is -0.350 e. The number of nitrogens with one attached hydrogen (secondary N) is 1. The molecule has 1 aliphatic carbocycles. The van der Waals surface area contributed by atoms with Crippen molar-refractivity contribution in [1.29, 1.82) is 0 Å². The van der Waals surface area contributed by atoms with Gasteiger partial charge >= 0.3 is 0 Å². The van der Waals surface area contributed by atoms with E-state index in [-0.39, 0.29) is 18.0 Å². The quantitative estimate of drug-likeness (QED) is 0.511. The zero-order valence-electron chi connectivity index (χ0n) is 18.2. The molecule has 2 aromatic heterocycles. The molecule has 0 radical (unpaired) electrons. The van der Waals surface area contributed by atoms with E-state index in [1.165, 1.54) is 10.2 Å². The van der Waals surface area contributed by atoms with Crippen LogP contribution < -0.4 is 10.9 Å². The van der Waals surface area contributed by atoms with Crippen LogP contribution in [0.1, 0.15) is 41.1 Å². The van der Waals surface area contributed by atoms with Crippen molar-refractivity contribution < 1.29 is 4.79 Å². The molecule has 0 bridgehead atoms. The summed E-state index contributed by atoms with van der Waals surface area (Å²) < 4.78 is 2.96. The second kappa shape index (κ2) is 8.07. The number of aryl methyl sites for hydroxylation is 2. The molecule has 0 saturated heterocycles. The van der Waals surface area contributed by atoms with E-state index in [1.54, 1.807) is 10.9 Å². The number of rotatable bonds is 6. The summed E-state index contributed by atoms with van der Waals surface area (Å²) in [5.41, 5.74) is 5.15. The first kappa shape index (κ1) is 20.2. The minimum atomic E-state index is -0.310. The fourth-order valence-corrected chi connectivity index (χ4v) is 3.90. The third kappa shape index (κ3) is 3.82. The molecule has 5 rings (SSSR count). The van der Waals surface area contributed by atoms with Crippen molar-refractivity contribution in [2.24, 2.45) is 0 Å². The molecular formula is C25H25N5O2. The number of fused-ring (bicyclic) bond motifs is 1. The van der Waals surface area contributed by atoms with Crippen molar-refractivity contribution in [3.63, 3.8) is 0 Å². The van der Waals surface area contributed by atoms with E-state index in [0.717, 1.165) is 40.7 Å². The van der Waals surface area contributed by atoms with Gasteiger partial charge in [0.15, 0.2) is 0 Å². The van der Waals surface area contributed by atoms with Gasteiger partial charge in [0, 0.05) is 17.8 Å². The maximum absolute atomic E-state index is 13.4. The van der Waals surface area contributed by atoms with Crippen molar-refractivity contribution in [2.45, 2.75) is 45.7 Å². The van der Waals surface area contributed by atoms with Crippen molar-refractivity contribution in [2.75, 3.05) is 0 Å². The Morgan fingerprint density at radius 1 is 1.09 bits per heavy atom. The Labute approximate surface area is 185 Å². The van der Waals surface area contributed by atoms with Gasteiger partial charge in [-0.1, -0.05) is 36.4 Å². The van der Waals surface area contributed by atoms with E-state index < -0.39 is 0 Å². The highest BCUT2D eigenvalue weighted by Gasteiger charge is 2.30. The fraction of sp³-hybridized carbons (Fsp3) is 0.280. The average molecular weight is 428 g/mol. The van der Waals surface area contributed by atoms with Crippen molar-refractivity contribution >= 4 is 16.8 Å². The van der Waals surface area contributed by atoms with Gasteiger partial charge in [-0.05, 0) is 55.5 Å². The predicted octanol–water partition coefficient (Wildman–Crippen LogP) is 3.39. The largest absolute Gasteiger partial charge is 0.350 e. The van der Waals surface area contributed by atoms with Crippen LogP contribution in [-0.4, -0.2) is 25.5 Å². The summed E-state index contributed by atoms with van der Waals surface area (Å²) in [6.07, 6.45) is 3.80. The van der Waals surface area contributed by atoms with Gasteiger partial charge < -0.3 is 5.32 Å². The summed E-state index contributed by atoms with van der Waals surface area (Å²) in [7, 11) is 0. The summed E-state index contributed by atoms with van der Waals surface area (Å²) in [5, 5.41) is 12.8. The molecule has 1 aliphatic rings. The van der Waals surface area contributed by atoms with Gasteiger partial charge in [-0.3, -0.25) is 9.59 Å². The Hall–Kier alpha value is -3.74. The van der Waals surface area contributed by atoms with Gasteiger partial charge in [0.1, 0.15) is 12.1 Å². The number of hydrogen-bond acceptors (Lipinski definition) is 4. The molecular weight excluding hydrogens is 402 g/mol. The molecule has 2 aromatic carbocycles. The van der Waals surface area contributed by atoms with E-state index in [1.807, 2.05) is 55.5 Å². The first-order valence-corrected chi connectivity index (χ1v) is 10.9. The Bertz CT molecular complexity index is 1370. The normalized spacial score (nSPS) is 13.4. The van der Waals surface area contributed by atoms with Gasteiger partial charge in [0.2, 0.25) is 5.91 Å². The molecule has 32 heavy (non-hydrogen) atoms. The summed E-state index contributed by atoms with van der Waals surface area (Å²) in [6.45, 7) is 4.37. The van der Waals surface area contributed by atoms with Crippen LogP contribution in [0.5, 0.6) is 0 Å². The second-order valence-electron chi connectivity index (χ2n) is 8.47. The molecule has 0 atom stereocenters. The van der Waals surface area contributed by atoms with E-state index in [2.05, 4.69) is 22.4 Å². The molecule has 7 heteroatoms. The molecule has 0 aliphatic heterocycles. The lowest BCUT2D eigenvalue weighted by Crippen LogP contribution is -2.34. The van der Waals surface area contributed by atoms with Crippen LogP contribution in [0, 0.1) is 13.8 Å². The molecule has 4 aromatic rings. The molecule has 1 saturated carbocycles. The third-order valence-corrected chi connectivity index (χ3v) is 6.04. The van der Waals surface area contributed by atoms with Gasteiger partial charge in [-0.25, -0.2) is 9.36 Å². The molecule has 1 amide bonds. The van der Waals surface area contributed by atoms with Crippen LogP contribution in [0.2, 0.25) is 0 Å². The van der Waals surface area contributed by atoms with Crippen LogP contribution in [0.3, 0.4) is 0 Å². The Kier molecular flexibility index (Phi) is 5.09. The number of aromatic nitrogens is 4. The lowest BCUT2D eigenvalue weighted by Gasteiger charge is -2.11. The van der Waals surface area contributed by atoms with Gasteiger partial charge in [-0.2, -0.15) is 10.2 Å². The standard InChI is InChI=1S/C25H25N5O2/c1-16-8-11-20(12-17(16)2)30-24-21(14-27-30)23(19-9-10-19)28-29(25(24)32)15-22(31)26-13-18-6-4-3-5-7-18/h3-8,11-12,14,19H,9-10,13,15H2,1-2H3,(H,26,31). The monoisotopic (exact) mass is 427 g/mol. The number of carbonyl (C=O) groups excluding carboxylic acids is 1. The Balaban J connectivity index is 1.51. The van der Waals surface area contributed by atoms with Crippen LogP contribution in [0.25, 0.3) is 16.6 Å². The average Bonchev–Trinajstić information content (AvgIpc) is 3.54. The molecule has 0 spiro atoms. The van der Waals surface area contributed by atoms with E-state index >= 15 is 0 Å². The van der Waals surface area contributed by atoms with Crippen LogP contribution in [0.15, 0.2) is 59.5 Å². The van der Waals surface area contributed by atoms with Gasteiger partial charge in [-0.15, -0.1) is 0 Å². The van der Waals surface area contributed by atoms with E-state index in [0.29, 0.717) is 18.0 Å². The highest BCUT2D eigenvalue weighted by molar-refractivity contribution is 5.83. The number of hydrogen-bond donors (Lipinski definition) is 1. The zero-order valence-corrected chi connectivity index (χ0v) is 18.2. The lowest BCUT2D eigenvalue weighted by atomic mass is 10.1. The first-order valence-electron chi connectivity index (χ1n) is 10.9. The Morgan fingerprint density at radius 3 is 2.59 bits per heavy atom.